The molecule has 0 radical (unpaired) electrons. The van der Waals surface area contributed by atoms with E-state index < -0.39 is 146 Å². The minimum absolute atomic E-state index is 0.220. The van der Waals surface area contributed by atoms with Crippen molar-refractivity contribution < 1.29 is 102 Å². The minimum Gasteiger partial charge on any atom is -0.457 e. The van der Waals surface area contributed by atoms with E-state index in [1.807, 2.05) is 0 Å². The van der Waals surface area contributed by atoms with Crippen molar-refractivity contribution in [1.29, 1.82) is 0 Å². The maximum atomic E-state index is 13.8. The average molecular weight is 1180 g/mol. The molecule has 13 atom stereocenters. The zero-order valence-electron chi connectivity index (χ0n) is 47.6. The molecule has 2 rings (SSSR count). The highest BCUT2D eigenvalue weighted by Crippen LogP contribution is 2.43. The smallest absolute Gasteiger partial charge is 0.457 e. The molecule has 0 bridgehead atoms. The second-order valence-corrected chi connectivity index (χ2v) is 24.2. The van der Waals surface area contributed by atoms with Gasteiger partial charge in [0.25, 0.3) is 0 Å². The van der Waals surface area contributed by atoms with E-state index in [0.29, 0.717) is 19.3 Å². The maximum absolute atomic E-state index is 13.8. The summed E-state index contributed by atoms with van der Waals surface area (Å²) in [5.41, 5.74) is 0. The van der Waals surface area contributed by atoms with Gasteiger partial charge in [-0.1, -0.05) is 194 Å². The van der Waals surface area contributed by atoms with Crippen LogP contribution in [-0.4, -0.2) is 161 Å². The van der Waals surface area contributed by atoms with Gasteiger partial charge in [0.05, 0.1) is 50.8 Å². The Hall–Kier alpha value is -1.73. The lowest BCUT2D eigenvalue weighted by atomic mass is 9.95. The van der Waals surface area contributed by atoms with Crippen LogP contribution in [-0.2, 0) is 51.5 Å². The summed E-state index contributed by atoms with van der Waals surface area (Å²) in [7, 11) is -11.0. The number of hydrogen-bond donors (Lipinski definition) is 12. The Morgan fingerprint density at radius 2 is 0.848 bits per heavy atom. The van der Waals surface area contributed by atoms with Crippen LogP contribution < -0.4 is 10.6 Å². The predicted molar refractivity (Wildman–Crippen MR) is 294 cm³/mol. The van der Waals surface area contributed by atoms with E-state index >= 15 is 0 Å². The summed E-state index contributed by atoms with van der Waals surface area (Å²) in [5.74, 6) is -2.82. The zero-order valence-corrected chi connectivity index (χ0v) is 49.4. The molecular formula is C54H104N2O21P2. The first-order valence-electron chi connectivity index (χ1n) is 29.8. The lowest BCUT2D eigenvalue weighted by molar-refractivity contribution is -0.296. The molecule has 2 heterocycles. The third kappa shape index (κ3) is 33.4. The lowest BCUT2D eigenvalue weighted by Gasteiger charge is -2.46. The highest BCUT2D eigenvalue weighted by atomic mass is 31.2. The second kappa shape index (κ2) is 42.1. The number of ether oxygens (including phenoxy) is 4. The van der Waals surface area contributed by atoms with E-state index in [-0.39, 0.29) is 19.3 Å². The van der Waals surface area contributed by atoms with Crippen molar-refractivity contribution in [2.45, 2.75) is 312 Å². The molecule has 79 heavy (non-hydrogen) atoms. The number of esters is 1. The van der Waals surface area contributed by atoms with Gasteiger partial charge >= 0.3 is 21.6 Å². The van der Waals surface area contributed by atoms with Crippen LogP contribution in [0.2, 0.25) is 0 Å². The molecule has 0 saturated carbocycles. The molecule has 0 spiro atoms. The fraction of sp³-hybridized carbons (Fsp3) is 0.944. The molecule has 2 saturated heterocycles. The predicted octanol–water partition coefficient (Wildman–Crippen LogP) is 6.65. The fourth-order valence-electron chi connectivity index (χ4n) is 10.1. The van der Waals surface area contributed by atoms with Crippen LogP contribution in [0.1, 0.15) is 233 Å². The van der Waals surface area contributed by atoms with Gasteiger partial charge < -0.3 is 79.8 Å². The molecule has 0 aromatic heterocycles. The van der Waals surface area contributed by atoms with Crippen molar-refractivity contribution >= 4 is 33.4 Å². The van der Waals surface area contributed by atoms with Gasteiger partial charge in [0, 0.05) is 0 Å². The first kappa shape index (κ1) is 73.4. The summed E-state index contributed by atoms with van der Waals surface area (Å²) in [6.07, 6.45) is 7.76. The van der Waals surface area contributed by atoms with Crippen molar-refractivity contribution in [2.75, 3.05) is 13.2 Å². The van der Waals surface area contributed by atoms with Crippen molar-refractivity contribution in [3.05, 3.63) is 0 Å². The van der Waals surface area contributed by atoms with Crippen molar-refractivity contribution in [3.8, 4) is 0 Å². The topological polar surface area (TPSA) is 367 Å². The molecule has 2 aliphatic rings. The number of phosphoric acid groups is 2. The molecule has 2 amide bonds. The van der Waals surface area contributed by atoms with Crippen LogP contribution in [0.25, 0.3) is 0 Å². The molecule has 25 heteroatoms. The molecule has 23 nitrogen and oxygen atoms in total. The maximum Gasteiger partial charge on any atom is 0.472 e. The van der Waals surface area contributed by atoms with Crippen LogP contribution >= 0.6 is 15.6 Å². The van der Waals surface area contributed by atoms with Gasteiger partial charge in [0.1, 0.15) is 42.6 Å². The molecular weight excluding hydrogens is 1070 g/mol. The van der Waals surface area contributed by atoms with Gasteiger partial charge in [-0.25, -0.2) is 9.13 Å². The highest BCUT2D eigenvalue weighted by Gasteiger charge is 2.54. The van der Waals surface area contributed by atoms with Gasteiger partial charge in [-0.3, -0.25) is 23.4 Å². The van der Waals surface area contributed by atoms with Gasteiger partial charge in [0.2, 0.25) is 11.8 Å². The Bertz CT molecular complexity index is 1710. The molecule has 2 fully saturated rings. The molecule has 2 aliphatic heterocycles. The third-order valence-electron chi connectivity index (χ3n) is 14.5. The number of carbonyl (C=O) groups is 3. The van der Waals surface area contributed by atoms with Crippen LogP contribution in [0.15, 0.2) is 0 Å². The van der Waals surface area contributed by atoms with Gasteiger partial charge in [-0.2, -0.15) is 0 Å². The van der Waals surface area contributed by atoms with Crippen LogP contribution in [0, 0.1) is 0 Å². The number of aliphatic hydroxyl groups excluding tert-OH is 6. The summed E-state index contributed by atoms with van der Waals surface area (Å²) in [4.78, 5) is 80.3. The Kier molecular flexibility index (Phi) is 39.1. The molecule has 0 aromatic rings. The number of amides is 2. The normalized spacial score (nSPS) is 24.9. The number of nitrogens with one attached hydrogen (secondary N) is 2. The van der Waals surface area contributed by atoms with E-state index in [0.717, 1.165) is 109 Å². The Morgan fingerprint density at radius 3 is 1.24 bits per heavy atom. The number of rotatable bonds is 47. The summed E-state index contributed by atoms with van der Waals surface area (Å²) in [5, 5.41) is 70.5. The van der Waals surface area contributed by atoms with E-state index in [1.165, 1.54) is 44.9 Å². The number of aliphatic hydroxyl groups is 6. The first-order chi connectivity index (χ1) is 37.6. The van der Waals surface area contributed by atoms with Crippen molar-refractivity contribution in [1.82, 2.24) is 10.6 Å². The fourth-order valence-corrected chi connectivity index (χ4v) is 11.1. The Morgan fingerprint density at radius 1 is 0.481 bits per heavy atom. The van der Waals surface area contributed by atoms with E-state index in [4.69, 9.17) is 28.0 Å². The molecule has 466 valence electrons. The summed E-state index contributed by atoms with van der Waals surface area (Å²) < 4.78 is 57.8. The van der Waals surface area contributed by atoms with E-state index in [1.54, 1.807) is 0 Å². The second-order valence-electron chi connectivity index (χ2n) is 21.8. The number of hydrogen-bond acceptors (Lipinski definition) is 17. The van der Waals surface area contributed by atoms with Crippen LogP contribution in [0.4, 0.5) is 0 Å². The average Bonchev–Trinajstić information content (AvgIpc) is 3.44. The quantitative estimate of drug-likeness (QED) is 0.0172. The molecule has 0 aliphatic carbocycles. The van der Waals surface area contributed by atoms with Crippen LogP contribution in [0.3, 0.4) is 0 Å². The number of unbranched alkanes of at least 4 members (excludes halogenated alkanes) is 24. The van der Waals surface area contributed by atoms with Gasteiger partial charge in [-0.05, 0) is 19.3 Å². The summed E-state index contributed by atoms with van der Waals surface area (Å²) in [6, 6.07) is -3.60. The number of carbonyl (C=O) groups excluding carboxylic acids is 3. The highest BCUT2D eigenvalue weighted by molar-refractivity contribution is 7.46. The lowest BCUT2D eigenvalue weighted by Crippen LogP contribution is -2.67. The van der Waals surface area contributed by atoms with E-state index in [9.17, 15) is 73.7 Å². The molecule has 0 unspecified atom stereocenters. The van der Waals surface area contributed by atoms with Gasteiger partial charge in [0.15, 0.2) is 18.7 Å². The number of phosphoric ester groups is 2. The Labute approximate surface area is 469 Å². The SMILES string of the molecule is CCCCCCCCCCC[C@@H](O)CC(=O)N[C@H]1[C@@H](OP(=O)(O)O)O[C@H](CO[C@@H]2O[C@H](CO)[C@@H](OP(=O)(O)O)[C@H](OC(=O)C[C@H](O)CCCCCCCCCCC)[C@H]2NC(=O)C[C@H](O)CCCCCCCCCCC)[C@@H](O)[C@@H]1O. The zero-order chi connectivity index (χ0) is 58.6. The standard InChI is InChI=1S/C54H104N2O21P2/c1-4-7-10-13-16-19-22-25-28-31-39(58)34-44(61)55-47-50(65)49(64)43(74-54(47)77-79(69,70)71)38-72-53-48(56-45(62)35-40(59)32-29-26-23-20-17-14-11-8-5-2)52(51(42(37-57)73-53)76-78(66,67)68)75-46(63)36-41(60)33-30-27-24-21-18-15-12-9-6-3/h39-43,47-54,57-60,64-65H,4-38H2,1-3H3,(H,55,61)(H,56,62)(H2,66,67,68)(H2,69,70,71)/t39-,40-,41-,42-,43-,47-,48-,49-,50-,51-,52-,53-,54-/m1/s1. The minimum atomic E-state index is -5.50. The van der Waals surface area contributed by atoms with Crippen LogP contribution in [0.5, 0.6) is 0 Å². The van der Waals surface area contributed by atoms with Crippen molar-refractivity contribution in [2.24, 2.45) is 0 Å². The van der Waals surface area contributed by atoms with Crippen molar-refractivity contribution in [3.63, 3.8) is 0 Å². The first-order valence-corrected chi connectivity index (χ1v) is 32.9. The van der Waals surface area contributed by atoms with Gasteiger partial charge in [-0.15, -0.1) is 0 Å². The molecule has 12 N–H and O–H groups in total. The van der Waals surface area contributed by atoms with E-state index in [2.05, 4.69) is 31.4 Å². The monoisotopic (exact) mass is 1180 g/mol. The summed E-state index contributed by atoms with van der Waals surface area (Å²) >= 11 is 0. The largest absolute Gasteiger partial charge is 0.472 e. The third-order valence-corrected chi connectivity index (χ3v) is 15.5. The summed E-state index contributed by atoms with van der Waals surface area (Å²) in [6.45, 7) is 4.51. The molecule has 0 aromatic carbocycles. The Balaban J connectivity index is 2.31.